The van der Waals surface area contributed by atoms with Gasteiger partial charge in [-0.2, -0.15) is 27.9 Å². The Hall–Kier alpha value is -1.30. The fourth-order valence-electron chi connectivity index (χ4n) is 1.75. The Bertz CT molecular complexity index is 587. The van der Waals surface area contributed by atoms with E-state index in [4.69, 9.17) is 0 Å². The van der Waals surface area contributed by atoms with E-state index in [2.05, 4.69) is 20.0 Å². The summed E-state index contributed by atoms with van der Waals surface area (Å²) in [5.41, 5.74) is 1.08. The van der Waals surface area contributed by atoms with Gasteiger partial charge in [-0.1, -0.05) is 0 Å². The molecule has 11 heteroatoms. The number of nitro groups is 1. The van der Waals surface area contributed by atoms with Crippen molar-refractivity contribution in [2.24, 2.45) is 0 Å². The molecule has 25 heavy (non-hydrogen) atoms. The van der Waals surface area contributed by atoms with E-state index in [1.165, 1.54) is 11.5 Å². The Kier molecular flexibility index (Phi) is 9.70. The van der Waals surface area contributed by atoms with Crippen molar-refractivity contribution in [2.45, 2.75) is 11.5 Å². The molecule has 0 fully saturated rings. The summed E-state index contributed by atoms with van der Waals surface area (Å²) in [6.07, 6.45) is 2.78. The van der Waals surface area contributed by atoms with E-state index < -0.39 is 4.92 Å². The second-order valence-electron chi connectivity index (χ2n) is 4.70. The molecule has 0 spiro atoms. The number of hydrogen-bond acceptors (Lipinski definition) is 10. The van der Waals surface area contributed by atoms with Gasteiger partial charge in [0.1, 0.15) is 5.01 Å². The average Bonchev–Trinajstić information content (AvgIpc) is 3.27. The third kappa shape index (κ3) is 9.10. The summed E-state index contributed by atoms with van der Waals surface area (Å²) < 4.78 is 4.25. The molecule has 0 unspecified atom stereocenters. The summed E-state index contributed by atoms with van der Waals surface area (Å²) in [6.45, 7) is 1.32. The van der Waals surface area contributed by atoms with E-state index in [0.29, 0.717) is 18.9 Å². The van der Waals surface area contributed by atoms with Crippen LogP contribution in [0.3, 0.4) is 0 Å². The minimum absolute atomic E-state index is 0.444. The molecule has 0 aliphatic rings. The lowest BCUT2D eigenvalue weighted by Gasteiger charge is -2.11. The van der Waals surface area contributed by atoms with Gasteiger partial charge in [-0.25, -0.2) is 4.98 Å². The molecule has 2 rings (SSSR count). The van der Waals surface area contributed by atoms with Gasteiger partial charge in [0, 0.05) is 53.1 Å². The monoisotopic (exact) mass is 417 g/mol. The van der Waals surface area contributed by atoms with Crippen molar-refractivity contribution >= 4 is 46.4 Å². The maximum absolute atomic E-state index is 10.7. The SMILES string of the molecule is O=[N+]([O-])/C=C(\NCCSCc1ccsn1)NCCSCc1nccs1. The van der Waals surface area contributed by atoms with E-state index >= 15 is 0 Å². The largest absolute Gasteiger partial charge is 0.366 e. The van der Waals surface area contributed by atoms with Gasteiger partial charge >= 0.3 is 0 Å². The highest BCUT2D eigenvalue weighted by Gasteiger charge is 2.03. The van der Waals surface area contributed by atoms with Crippen molar-refractivity contribution < 1.29 is 4.92 Å². The topological polar surface area (TPSA) is 93.0 Å². The first kappa shape index (κ1) is 20.0. The minimum atomic E-state index is -0.444. The zero-order valence-corrected chi connectivity index (χ0v) is 16.7. The average molecular weight is 418 g/mol. The molecule has 0 saturated carbocycles. The zero-order valence-electron chi connectivity index (χ0n) is 13.4. The van der Waals surface area contributed by atoms with Crippen LogP contribution in [0, 0.1) is 10.1 Å². The number of rotatable bonds is 13. The molecule has 0 bridgehead atoms. The normalized spacial score (nSPS) is 11.4. The van der Waals surface area contributed by atoms with Crippen LogP contribution in [0.4, 0.5) is 0 Å². The summed E-state index contributed by atoms with van der Waals surface area (Å²) >= 11 is 6.59. The molecule has 0 amide bonds. The van der Waals surface area contributed by atoms with Crippen molar-refractivity contribution in [1.82, 2.24) is 20.0 Å². The lowest BCUT2D eigenvalue weighted by atomic mass is 10.5. The van der Waals surface area contributed by atoms with Gasteiger partial charge in [0.15, 0.2) is 5.82 Å². The molecule has 2 aromatic rings. The van der Waals surface area contributed by atoms with Crippen LogP contribution in [-0.4, -0.2) is 38.9 Å². The highest BCUT2D eigenvalue weighted by Crippen LogP contribution is 2.13. The summed E-state index contributed by atoms with van der Waals surface area (Å²) in [5.74, 6) is 3.89. The molecular weight excluding hydrogens is 398 g/mol. The van der Waals surface area contributed by atoms with Crippen LogP contribution < -0.4 is 10.6 Å². The van der Waals surface area contributed by atoms with Gasteiger partial charge in [0.25, 0.3) is 6.20 Å². The first-order chi connectivity index (χ1) is 12.2. The molecule has 2 heterocycles. The highest BCUT2D eigenvalue weighted by molar-refractivity contribution is 7.98. The summed E-state index contributed by atoms with van der Waals surface area (Å²) in [5, 5.41) is 21.9. The quantitative estimate of drug-likeness (QED) is 0.292. The van der Waals surface area contributed by atoms with Crippen LogP contribution in [0.5, 0.6) is 0 Å². The summed E-state index contributed by atoms with van der Waals surface area (Å²) in [7, 11) is 0. The third-order valence-electron chi connectivity index (χ3n) is 2.81. The van der Waals surface area contributed by atoms with Crippen molar-refractivity contribution in [2.75, 3.05) is 24.6 Å². The standard InChI is InChI=1S/C14H19N5O2S4/c20-19(21)9-13(15-2-6-22-10-12-1-5-25-18-12)16-3-7-23-11-14-17-4-8-24-14/h1,4-5,8-9,15-16H,2-3,6-7,10-11H2/b13-9+. The van der Waals surface area contributed by atoms with Crippen LogP contribution in [-0.2, 0) is 11.5 Å². The molecule has 0 aliphatic carbocycles. The van der Waals surface area contributed by atoms with Gasteiger partial charge in [0.05, 0.1) is 10.6 Å². The lowest BCUT2D eigenvalue weighted by molar-refractivity contribution is -0.404. The maximum Gasteiger partial charge on any atom is 0.274 e. The predicted molar refractivity (Wildman–Crippen MR) is 108 cm³/mol. The second kappa shape index (κ2) is 12.1. The number of thiazole rings is 1. The van der Waals surface area contributed by atoms with Crippen LogP contribution >= 0.6 is 46.4 Å². The molecule has 0 aliphatic heterocycles. The van der Waals surface area contributed by atoms with Crippen LogP contribution in [0.1, 0.15) is 10.7 Å². The Morgan fingerprint density at radius 3 is 2.60 bits per heavy atom. The van der Waals surface area contributed by atoms with Crippen molar-refractivity contribution in [3.05, 3.63) is 55.9 Å². The molecule has 136 valence electrons. The van der Waals surface area contributed by atoms with Gasteiger partial charge in [-0.05, 0) is 17.6 Å². The predicted octanol–water partition coefficient (Wildman–Crippen LogP) is 3.02. The third-order valence-corrected chi connectivity index (χ3v) is 6.33. The fourth-order valence-corrected chi connectivity index (χ4v) is 4.69. The number of aromatic nitrogens is 2. The van der Waals surface area contributed by atoms with Gasteiger partial charge in [-0.3, -0.25) is 10.1 Å². The highest BCUT2D eigenvalue weighted by atomic mass is 32.2. The van der Waals surface area contributed by atoms with E-state index in [1.54, 1.807) is 41.1 Å². The summed E-state index contributed by atoms with van der Waals surface area (Å²) in [6, 6.07) is 2.01. The molecule has 0 radical (unpaired) electrons. The molecule has 0 saturated heterocycles. The molecule has 0 aromatic carbocycles. The fraction of sp³-hybridized carbons (Fsp3) is 0.429. The van der Waals surface area contributed by atoms with Crippen LogP contribution in [0.15, 0.2) is 35.0 Å². The van der Waals surface area contributed by atoms with Gasteiger partial charge < -0.3 is 10.6 Å². The molecule has 7 nitrogen and oxygen atoms in total. The number of thioether (sulfide) groups is 2. The number of nitrogens with one attached hydrogen (secondary N) is 2. The Morgan fingerprint density at radius 2 is 2.00 bits per heavy atom. The van der Waals surface area contributed by atoms with E-state index in [-0.39, 0.29) is 0 Å². The Balaban J connectivity index is 1.58. The van der Waals surface area contributed by atoms with Gasteiger partial charge in [-0.15, -0.1) is 11.3 Å². The maximum atomic E-state index is 10.7. The minimum Gasteiger partial charge on any atom is -0.366 e. The number of hydrogen-bond donors (Lipinski definition) is 2. The smallest absolute Gasteiger partial charge is 0.274 e. The van der Waals surface area contributed by atoms with E-state index in [9.17, 15) is 10.1 Å². The molecule has 0 atom stereocenters. The zero-order chi connectivity index (χ0) is 17.7. The second-order valence-corrected chi connectivity index (χ2v) is 8.56. The van der Waals surface area contributed by atoms with Crippen LogP contribution in [0.25, 0.3) is 0 Å². The van der Waals surface area contributed by atoms with E-state index in [1.807, 2.05) is 16.8 Å². The van der Waals surface area contributed by atoms with Crippen molar-refractivity contribution in [3.8, 4) is 0 Å². The Labute approximate surface area is 163 Å². The molecule has 2 aromatic heterocycles. The molecular formula is C14H19N5O2S4. The molecule has 2 N–H and O–H groups in total. The first-order valence-corrected chi connectivity index (χ1v) is 11.5. The van der Waals surface area contributed by atoms with Crippen molar-refractivity contribution in [3.63, 3.8) is 0 Å². The first-order valence-electron chi connectivity index (χ1n) is 7.50. The van der Waals surface area contributed by atoms with E-state index in [0.717, 1.165) is 39.9 Å². The lowest BCUT2D eigenvalue weighted by Crippen LogP contribution is -2.30. The summed E-state index contributed by atoms with van der Waals surface area (Å²) in [4.78, 5) is 14.5. The van der Waals surface area contributed by atoms with Crippen molar-refractivity contribution in [1.29, 1.82) is 0 Å². The van der Waals surface area contributed by atoms with Gasteiger partial charge in [0.2, 0.25) is 0 Å². The number of nitrogens with zero attached hydrogens (tertiary/aromatic N) is 3. The van der Waals surface area contributed by atoms with Crippen LogP contribution in [0.2, 0.25) is 0 Å². The Morgan fingerprint density at radius 1 is 1.24 bits per heavy atom.